The van der Waals surface area contributed by atoms with Crippen molar-refractivity contribution in [3.05, 3.63) is 47.5 Å². The maximum Gasteiger partial charge on any atom is 0.254 e. The van der Waals surface area contributed by atoms with E-state index in [1.165, 1.54) is 0 Å². The molecular formula is C18H17NO5. The Morgan fingerprint density at radius 2 is 1.83 bits per heavy atom. The van der Waals surface area contributed by atoms with Crippen molar-refractivity contribution >= 4 is 5.91 Å². The summed E-state index contributed by atoms with van der Waals surface area (Å²) in [6, 6.07) is 10.9. The second-order valence-electron chi connectivity index (χ2n) is 5.67. The fourth-order valence-corrected chi connectivity index (χ4v) is 2.84. The molecule has 24 heavy (non-hydrogen) atoms. The van der Waals surface area contributed by atoms with Crippen LogP contribution in [0.2, 0.25) is 0 Å². The predicted octanol–water partition coefficient (Wildman–Crippen LogP) is 2.46. The van der Waals surface area contributed by atoms with Gasteiger partial charge in [-0.15, -0.1) is 0 Å². The van der Waals surface area contributed by atoms with Crippen molar-refractivity contribution in [1.29, 1.82) is 0 Å². The molecule has 6 heteroatoms. The van der Waals surface area contributed by atoms with Crippen LogP contribution in [0, 0.1) is 0 Å². The van der Waals surface area contributed by atoms with Gasteiger partial charge in [0.15, 0.2) is 23.0 Å². The number of amides is 1. The van der Waals surface area contributed by atoms with Gasteiger partial charge in [-0.05, 0) is 24.3 Å². The first-order valence-electron chi connectivity index (χ1n) is 7.75. The van der Waals surface area contributed by atoms with Crippen LogP contribution in [0.1, 0.15) is 15.9 Å². The number of rotatable bonds is 3. The van der Waals surface area contributed by atoms with Crippen LogP contribution in [-0.4, -0.2) is 37.9 Å². The molecule has 2 aromatic rings. The monoisotopic (exact) mass is 327 g/mol. The predicted molar refractivity (Wildman–Crippen MR) is 85.8 cm³/mol. The summed E-state index contributed by atoms with van der Waals surface area (Å²) in [6.45, 7) is 1.67. The van der Waals surface area contributed by atoms with Crippen LogP contribution in [0.25, 0.3) is 0 Å². The van der Waals surface area contributed by atoms with Crippen LogP contribution in [0.3, 0.4) is 0 Å². The molecule has 0 radical (unpaired) electrons. The van der Waals surface area contributed by atoms with Crippen LogP contribution in [-0.2, 0) is 6.54 Å². The quantitative estimate of drug-likeness (QED) is 0.867. The van der Waals surface area contributed by atoms with Crippen molar-refractivity contribution in [1.82, 2.24) is 4.90 Å². The van der Waals surface area contributed by atoms with Crippen molar-refractivity contribution in [3.8, 4) is 23.0 Å². The molecule has 0 saturated heterocycles. The van der Waals surface area contributed by atoms with Crippen molar-refractivity contribution < 1.29 is 23.7 Å². The summed E-state index contributed by atoms with van der Waals surface area (Å²) in [5, 5.41) is 0. The molecule has 0 N–H and O–H groups in total. The Kier molecular flexibility index (Phi) is 3.65. The number of nitrogens with zero attached hydrogens (tertiary/aromatic N) is 1. The largest absolute Gasteiger partial charge is 0.486 e. The molecular weight excluding hydrogens is 310 g/mol. The van der Waals surface area contributed by atoms with E-state index in [2.05, 4.69) is 0 Å². The van der Waals surface area contributed by atoms with Gasteiger partial charge in [-0.1, -0.05) is 12.1 Å². The number of hydrogen-bond acceptors (Lipinski definition) is 5. The highest BCUT2D eigenvalue weighted by Crippen LogP contribution is 2.36. The van der Waals surface area contributed by atoms with Crippen LogP contribution < -0.4 is 18.9 Å². The molecule has 0 saturated carbocycles. The fourth-order valence-electron chi connectivity index (χ4n) is 2.84. The lowest BCUT2D eigenvalue weighted by Crippen LogP contribution is -2.26. The molecule has 0 aromatic heterocycles. The zero-order valence-corrected chi connectivity index (χ0v) is 13.3. The minimum Gasteiger partial charge on any atom is -0.486 e. The van der Waals surface area contributed by atoms with Gasteiger partial charge in [0.25, 0.3) is 5.91 Å². The van der Waals surface area contributed by atoms with Crippen molar-refractivity contribution in [3.63, 3.8) is 0 Å². The number of carbonyl (C=O) groups is 1. The summed E-state index contributed by atoms with van der Waals surface area (Å²) in [5.74, 6) is 2.61. The SMILES string of the molecule is CN(Cc1cccc2c1OCO2)C(=O)c1ccc2c(c1)OCCO2. The highest BCUT2D eigenvalue weighted by molar-refractivity contribution is 5.94. The van der Waals surface area contributed by atoms with Gasteiger partial charge in [0.1, 0.15) is 13.2 Å². The maximum absolute atomic E-state index is 12.7. The average Bonchev–Trinajstić information content (AvgIpc) is 3.10. The summed E-state index contributed by atoms with van der Waals surface area (Å²) in [5.41, 5.74) is 1.48. The van der Waals surface area contributed by atoms with Crippen LogP contribution in [0.5, 0.6) is 23.0 Å². The molecule has 6 nitrogen and oxygen atoms in total. The highest BCUT2D eigenvalue weighted by Gasteiger charge is 2.21. The Morgan fingerprint density at radius 1 is 1.00 bits per heavy atom. The number of ether oxygens (including phenoxy) is 4. The van der Waals surface area contributed by atoms with Crippen molar-refractivity contribution in [2.45, 2.75) is 6.54 Å². The Balaban J connectivity index is 1.53. The van der Waals surface area contributed by atoms with E-state index in [0.717, 1.165) is 5.56 Å². The minimum atomic E-state index is -0.0940. The van der Waals surface area contributed by atoms with Crippen LogP contribution in [0.15, 0.2) is 36.4 Å². The third kappa shape index (κ3) is 2.60. The van der Waals surface area contributed by atoms with Gasteiger partial charge in [-0.2, -0.15) is 0 Å². The van der Waals surface area contributed by atoms with Gasteiger partial charge in [0.2, 0.25) is 6.79 Å². The summed E-state index contributed by atoms with van der Waals surface area (Å²) >= 11 is 0. The number of fused-ring (bicyclic) bond motifs is 2. The third-order valence-electron chi connectivity index (χ3n) is 4.02. The minimum absolute atomic E-state index is 0.0940. The Hall–Kier alpha value is -2.89. The highest BCUT2D eigenvalue weighted by atomic mass is 16.7. The second kappa shape index (κ2) is 5.96. The van der Waals surface area contributed by atoms with Gasteiger partial charge < -0.3 is 23.8 Å². The van der Waals surface area contributed by atoms with Gasteiger partial charge >= 0.3 is 0 Å². The van der Waals surface area contributed by atoms with Gasteiger partial charge in [-0.3, -0.25) is 4.79 Å². The zero-order valence-electron chi connectivity index (χ0n) is 13.3. The lowest BCUT2D eigenvalue weighted by Gasteiger charge is -2.21. The Bertz CT molecular complexity index is 789. The topological polar surface area (TPSA) is 57.2 Å². The van der Waals surface area contributed by atoms with Gasteiger partial charge in [0, 0.05) is 24.7 Å². The number of hydrogen-bond donors (Lipinski definition) is 0. The zero-order chi connectivity index (χ0) is 16.5. The standard InChI is InChI=1S/C18H17NO5/c1-19(10-13-3-2-4-15-17(13)24-11-23-15)18(20)12-5-6-14-16(9-12)22-8-7-21-14/h2-6,9H,7-8,10-11H2,1H3. The normalized spacial score (nSPS) is 14.4. The molecule has 0 fully saturated rings. The molecule has 0 bridgehead atoms. The summed E-state index contributed by atoms with van der Waals surface area (Å²) in [4.78, 5) is 14.3. The maximum atomic E-state index is 12.7. The smallest absolute Gasteiger partial charge is 0.254 e. The molecule has 0 atom stereocenters. The van der Waals surface area contributed by atoms with Crippen molar-refractivity contribution in [2.75, 3.05) is 27.1 Å². The molecule has 2 aliphatic heterocycles. The van der Waals surface area contributed by atoms with E-state index in [1.54, 1.807) is 30.1 Å². The summed E-state index contributed by atoms with van der Waals surface area (Å²) in [6.07, 6.45) is 0. The first-order chi connectivity index (χ1) is 11.7. The lowest BCUT2D eigenvalue weighted by atomic mass is 10.1. The van der Waals surface area contributed by atoms with E-state index >= 15 is 0 Å². The number of para-hydroxylation sites is 1. The van der Waals surface area contributed by atoms with E-state index in [1.807, 2.05) is 18.2 Å². The van der Waals surface area contributed by atoms with E-state index in [0.29, 0.717) is 48.3 Å². The van der Waals surface area contributed by atoms with Crippen LogP contribution >= 0.6 is 0 Å². The second-order valence-corrected chi connectivity index (χ2v) is 5.67. The molecule has 0 aliphatic carbocycles. The third-order valence-corrected chi connectivity index (χ3v) is 4.02. The molecule has 1 amide bonds. The van der Waals surface area contributed by atoms with Crippen molar-refractivity contribution in [2.24, 2.45) is 0 Å². The molecule has 124 valence electrons. The average molecular weight is 327 g/mol. The number of carbonyl (C=O) groups excluding carboxylic acids is 1. The van der Waals surface area contributed by atoms with E-state index < -0.39 is 0 Å². The van der Waals surface area contributed by atoms with E-state index in [4.69, 9.17) is 18.9 Å². The van der Waals surface area contributed by atoms with Gasteiger partial charge in [0.05, 0.1) is 0 Å². The molecule has 2 heterocycles. The fraction of sp³-hybridized carbons (Fsp3) is 0.278. The number of benzene rings is 2. The molecule has 2 aromatic carbocycles. The molecule has 0 unspecified atom stereocenters. The van der Waals surface area contributed by atoms with Gasteiger partial charge in [-0.25, -0.2) is 0 Å². The molecule has 2 aliphatic rings. The molecule has 0 spiro atoms. The van der Waals surface area contributed by atoms with E-state index in [-0.39, 0.29) is 12.7 Å². The first kappa shape index (κ1) is 14.7. The Labute approximate surface area is 139 Å². The lowest BCUT2D eigenvalue weighted by molar-refractivity contribution is 0.0782. The Morgan fingerprint density at radius 3 is 2.71 bits per heavy atom. The molecule has 4 rings (SSSR count). The van der Waals surface area contributed by atoms with E-state index in [9.17, 15) is 4.79 Å². The van der Waals surface area contributed by atoms with Crippen LogP contribution in [0.4, 0.5) is 0 Å². The first-order valence-corrected chi connectivity index (χ1v) is 7.75. The summed E-state index contributed by atoms with van der Waals surface area (Å²) < 4.78 is 21.9. The summed E-state index contributed by atoms with van der Waals surface area (Å²) in [7, 11) is 1.76.